The summed E-state index contributed by atoms with van der Waals surface area (Å²) in [5.74, 6) is 0.122. The zero-order valence-electron chi connectivity index (χ0n) is 10.6. The minimum Gasteiger partial charge on any atom is -0.383 e. The van der Waals surface area contributed by atoms with Crippen LogP contribution in [-0.4, -0.2) is 40.5 Å². The molecule has 0 fully saturated rings. The van der Waals surface area contributed by atoms with Gasteiger partial charge in [0.1, 0.15) is 0 Å². The molecular weight excluding hydrogens is 228 g/mol. The van der Waals surface area contributed by atoms with Crippen LogP contribution in [0.5, 0.6) is 0 Å². The van der Waals surface area contributed by atoms with Crippen LogP contribution in [0.4, 0.5) is 0 Å². The molecule has 0 bridgehead atoms. The van der Waals surface area contributed by atoms with E-state index in [1.54, 1.807) is 0 Å². The Hall–Kier alpha value is -0.170. The average Bonchev–Trinajstić information content (AvgIpc) is 2.13. The second-order valence-corrected chi connectivity index (χ2v) is 7.01. The molecular formula is C10H24N2O3S. The van der Waals surface area contributed by atoms with Gasteiger partial charge in [-0.3, -0.25) is 0 Å². The predicted molar refractivity (Wildman–Crippen MR) is 65.7 cm³/mol. The fraction of sp³-hybridized carbons (Fsp3) is 1.00. The maximum atomic E-state index is 11.7. The van der Waals surface area contributed by atoms with Gasteiger partial charge in [-0.25, -0.2) is 13.1 Å². The molecule has 0 aromatic rings. The van der Waals surface area contributed by atoms with Crippen molar-refractivity contribution in [3.8, 4) is 0 Å². The smallest absolute Gasteiger partial charge is 0.211 e. The van der Waals surface area contributed by atoms with Gasteiger partial charge < -0.3 is 10.5 Å². The van der Waals surface area contributed by atoms with Crippen molar-refractivity contribution in [3.05, 3.63) is 0 Å². The average molecular weight is 252 g/mol. The molecule has 0 aliphatic heterocycles. The Morgan fingerprint density at radius 1 is 1.38 bits per heavy atom. The van der Waals surface area contributed by atoms with E-state index >= 15 is 0 Å². The van der Waals surface area contributed by atoms with Gasteiger partial charge in [-0.1, -0.05) is 20.8 Å². The second kappa shape index (κ2) is 6.54. The van der Waals surface area contributed by atoms with Gasteiger partial charge in [-0.15, -0.1) is 0 Å². The zero-order valence-corrected chi connectivity index (χ0v) is 11.4. The summed E-state index contributed by atoms with van der Waals surface area (Å²) in [6.07, 6.45) is 0.618. The summed E-state index contributed by atoms with van der Waals surface area (Å²) in [5, 5.41) is 0. The van der Waals surface area contributed by atoms with E-state index in [9.17, 15) is 8.42 Å². The summed E-state index contributed by atoms with van der Waals surface area (Å²) in [7, 11) is -1.74. The predicted octanol–water partition coefficient (Wildman–Crippen LogP) is 0.316. The van der Waals surface area contributed by atoms with Crippen LogP contribution in [-0.2, 0) is 14.8 Å². The first kappa shape index (κ1) is 15.8. The van der Waals surface area contributed by atoms with E-state index in [1.165, 1.54) is 7.11 Å². The lowest BCUT2D eigenvalue weighted by molar-refractivity contribution is 0.177. The Labute approximate surface area is 98.8 Å². The van der Waals surface area contributed by atoms with Gasteiger partial charge in [0.2, 0.25) is 10.0 Å². The molecule has 1 atom stereocenters. The fourth-order valence-electron chi connectivity index (χ4n) is 1.10. The number of rotatable bonds is 7. The molecule has 0 saturated heterocycles. The van der Waals surface area contributed by atoms with Crippen LogP contribution in [0.2, 0.25) is 0 Å². The molecule has 3 N–H and O–H groups in total. The van der Waals surface area contributed by atoms with Crippen LogP contribution in [0.25, 0.3) is 0 Å². The number of nitrogens with one attached hydrogen (secondary N) is 1. The van der Waals surface area contributed by atoms with Crippen molar-refractivity contribution in [2.45, 2.75) is 33.2 Å². The topological polar surface area (TPSA) is 81.4 Å². The first-order chi connectivity index (χ1) is 7.20. The van der Waals surface area contributed by atoms with E-state index in [1.807, 2.05) is 20.8 Å². The summed E-state index contributed by atoms with van der Waals surface area (Å²) in [5.41, 5.74) is 5.45. The Kier molecular flexibility index (Phi) is 6.47. The molecule has 0 spiro atoms. The Morgan fingerprint density at radius 2 is 1.94 bits per heavy atom. The van der Waals surface area contributed by atoms with Crippen molar-refractivity contribution in [1.29, 1.82) is 0 Å². The van der Waals surface area contributed by atoms with E-state index in [4.69, 9.17) is 10.5 Å². The molecule has 16 heavy (non-hydrogen) atoms. The van der Waals surface area contributed by atoms with Crippen molar-refractivity contribution < 1.29 is 13.2 Å². The van der Waals surface area contributed by atoms with Crippen LogP contribution in [0.1, 0.15) is 27.2 Å². The van der Waals surface area contributed by atoms with Gasteiger partial charge in [-0.2, -0.15) is 0 Å². The number of sulfonamides is 1. The number of hydrogen-bond donors (Lipinski definition) is 2. The molecule has 0 aliphatic rings. The quantitative estimate of drug-likeness (QED) is 0.683. The normalized spacial score (nSPS) is 15.1. The third-order valence-electron chi connectivity index (χ3n) is 2.12. The van der Waals surface area contributed by atoms with Crippen molar-refractivity contribution in [2.24, 2.45) is 11.1 Å². The molecule has 5 nitrogen and oxygen atoms in total. The molecule has 98 valence electrons. The maximum absolute atomic E-state index is 11.7. The molecule has 0 aromatic carbocycles. The number of hydrogen-bond acceptors (Lipinski definition) is 4. The largest absolute Gasteiger partial charge is 0.383 e. The Balaban J connectivity index is 4.23. The fourth-order valence-corrected chi connectivity index (χ4v) is 2.78. The van der Waals surface area contributed by atoms with Crippen LogP contribution >= 0.6 is 0 Å². The minimum absolute atomic E-state index is 0.00815. The van der Waals surface area contributed by atoms with Crippen molar-refractivity contribution in [2.75, 3.05) is 26.0 Å². The van der Waals surface area contributed by atoms with E-state index in [0.717, 1.165) is 0 Å². The van der Waals surface area contributed by atoms with Gasteiger partial charge >= 0.3 is 0 Å². The Morgan fingerprint density at radius 3 is 2.31 bits per heavy atom. The summed E-state index contributed by atoms with van der Waals surface area (Å²) in [6, 6.07) is -0.338. The van der Waals surface area contributed by atoms with Crippen molar-refractivity contribution >= 4 is 10.0 Å². The minimum atomic E-state index is -3.26. The van der Waals surface area contributed by atoms with Crippen LogP contribution < -0.4 is 10.5 Å². The summed E-state index contributed by atoms with van der Waals surface area (Å²) < 4.78 is 30.8. The number of methoxy groups -OCH3 is 1. The molecule has 0 rings (SSSR count). The molecule has 0 heterocycles. The molecule has 0 radical (unpaired) electrons. The molecule has 0 aliphatic carbocycles. The SMILES string of the molecule is COCC(CN)NS(=O)(=O)CCC(C)(C)C. The van der Waals surface area contributed by atoms with E-state index < -0.39 is 10.0 Å². The summed E-state index contributed by atoms with van der Waals surface area (Å²) in [6.45, 7) is 6.57. The van der Waals surface area contributed by atoms with Gasteiger partial charge in [0.05, 0.1) is 18.4 Å². The van der Waals surface area contributed by atoms with Crippen LogP contribution in [0.15, 0.2) is 0 Å². The lowest BCUT2D eigenvalue weighted by atomic mass is 9.94. The summed E-state index contributed by atoms with van der Waals surface area (Å²) in [4.78, 5) is 0. The summed E-state index contributed by atoms with van der Waals surface area (Å²) >= 11 is 0. The first-order valence-electron chi connectivity index (χ1n) is 5.39. The van der Waals surface area contributed by atoms with Gasteiger partial charge in [0.25, 0.3) is 0 Å². The van der Waals surface area contributed by atoms with E-state index in [2.05, 4.69) is 4.72 Å². The van der Waals surface area contributed by atoms with E-state index in [0.29, 0.717) is 13.0 Å². The third kappa shape index (κ3) is 8.04. The Bertz CT molecular complexity index is 283. The van der Waals surface area contributed by atoms with Gasteiger partial charge in [0, 0.05) is 13.7 Å². The molecule has 0 aromatic heterocycles. The van der Waals surface area contributed by atoms with Crippen LogP contribution in [0, 0.1) is 5.41 Å². The van der Waals surface area contributed by atoms with Gasteiger partial charge in [-0.05, 0) is 11.8 Å². The van der Waals surface area contributed by atoms with Crippen molar-refractivity contribution in [1.82, 2.24) is 4.72 Å². The highest BCUT2D eigenvalue weighted by Crippen LogP contribution is 2.18. The van der Waals surface area contributed by atoms with Crippen LogP contribution in [0.3, 0.4) is 0 Å². The maximum Gasteiger partial charge on any atom is 0.211 e. The molecule has 0 saturated carbocycles. The van der Waals surface area contributed by atoms with Gasteiger partial charge in [0.15, 0.2) is 0 Å². The first-order valence-corrected chi connectivity index (χ1v) is 7.04. The highest BCUT2D eigenvalue weighted by atomic mass is 32.2. The van der Waals surface area contributed by atoms with E-state index in [-0.39, 0.29) is 23.8 Å². The molecule has 0 amide bonds. The molecule has 1 unspecified atom stereocenters. The lowest BCUT2D eigenvalue weighted by Gasteiger charge is -2.20. The molecule has 6 heteroatoms. The highest BCUT2D eigenvalue weighted by Gasteiger charge is 2.20. The monoisotopic (exact) mass is 252 g/mol. The second-order valence-electron chi connectivity index (χ2n) is 5.14. The lowest BCUT2D eigenvalue weighted by Crippen LogP contribution is -2.44. The number of ether oxygens (including phenoxy) is 1. The number of nitrogens with two attached hydrogens (primary N) is 1. The third-order valence-corrected chi connectivity index (χ3v) is 3.55. The standard InChI is InChI=1S/C10H24N2O3S/c1-10(2,3)5-6-16(13,14)12-9(7-11)8-15-4/h9,12H,5-8,11H2,1-4H3. The zero-order chi connectivity index (χ0) is 12.8. The highest BCUT2D eigenvalue weighted by molar-refractivity contribution is 7.89. The van der Waals surface area contributed by atoms with Crippen molar-refractivity contribution in [3.63, 3.8) is 0 Å².